The van der Waals surface area contributed by atoms with Gasteiger partial charge in [-0.2, -0.15) is 0 Å². The minimum absolute atomic E-state index is 0.0792. The number of thiazole rings is 1. The van der Waals surface area contributed by atoms with E-state index in [1.54, 1.807) is 18.4 Å². The molecule has 7 nitrogen and oxygen atoms in total. The van der Waals surface area contributed by atoms with E-state index in [-0.39, 0.29) is 16.0 Å². The summed E-state index contributed by atoms with van der Waals surface area (Å²) in [4.78, 5) is 43.5. The smallest absolute Gasteiger partial charge is 0.322 e. The van der Waals surface area contributed by atoms with Crippen LogP contribution in [-0.4, -0.2) is 26.3 Å². The van der Waals surface area contributed by atoms with Crippen molar-refractivity contribution in [2.24, 2.45) is 0 Å². The molecule has 0 unspecified atom stereocenters. The van der Waals surface area contributed by atoms with Crippen molar-refractivity contribution in [3.05, 3.63) is 80.5 Å². The number of fused-ring (bicyclic) bond motifs is 1. The Hall–Kier alpha value is -3.31. The van der Waals surface area contributed by atoms with E-state index in [2.05, 4.69) is 10.3 Å². The SMILES string of the molecule is CCc1ccc(-n2c(=O)c3sc(SC)nc3n(CC(=O)Nc3ccc(F)cc3F)c2=O)cc1. The van der Waals surface area contributed by atoms with Crippen molar-refractivity contribution in [1.29, 1.82) is 0 Å². The van der Waals surface area contributed by atoms with Crippen LogP contribution >= 0.6 is 23.1 Å². The maximum Gasteiger partial charge on any atom is 0.337 e. The zero-order valence-electron chi connectivity index (χ0n) is 17.6. The number of rotatable bonds is 6. The molecule has 2 aromatic heterocycles. The number of benzene rings is 2. The number of amides is 1. The minimum Gasteiger partial charge on any atom is -0.322 e. The van der Waals surface area contributed by atoms with E-state index in [9.17, 15) is 23.2 Å². The number of halogens is 2. The van der Waals surface area contributed by atoms with Gasteiger partial charge in [0.25, 0.3) is 5.56 Å². The van der Waals surface area contributed by atoms with Gasteiger partial charge in [-0.25, -0.2) is 23.1 Å². The summed E-state index contributed by atoms with van der Waals surface area (Å²) < 4.78 is 29.9. The van der Waals surface area contributed by atoms with Crippen molar-refractivity contribution in [3.63, 3.8) is 0 Å². The van der Waals surface area contributed by atoms with Gasteiger partial charge in [0.2, 0.25) is 5.91 Å². The van der Waals surface area contributed by atoms with Gasteiger partial charge in [-0.15, -0.1) is 11.3 Å². The van der Waals surface area contributed by atoms with Crippen LogP contribution in [0.2, 0.25) is 0 Å². The lowest BCUT2D eigenvalue weighted by Crippen LogP contribution is -2.40. The summed E-state index contributed by atoms with van der Waals surface area (Å²) in [7, 11) is 0. The van der Waals surface area contributed by atoms with Crippen LogP contribution in [0.3, 0.4) is 0 Å². The fraction of sp³-hybridized carbons (Fsp3) is 0.182. The fourth-order valence-corrected chi connectivity index (χ4v) is 4.77. The molecular weight excluding hydrogens is 470 g/mol. The molecule has 1 amide bonds. The third-order valence-electron chi connectivity index (χ3n) is 4.95. The maximum absolute atomic E-state index is 13.9. The first kappa shape index (κ1) is 22.9. The molecule has 33 heavy (non-hydrogen) atoms. The van der Waals surface area contributed by atoms with Gasteiger partial charge in [0.15, 0.2) is 9.99 Å². The van der Waals surface area contributed by atoms with Crippen LogP contribution in [0.25, 0.3) is 16.0 Å². The second-order valence-corrected chi connectivity index (χ2v) is 9.09. The van der Waals surface area contributed by atoms with Gasteiger partial charge in [-0.1, -0.05) is 30.8 Å². The molecule has 0 aliphatic rings. The second kappa shape index (κ2) is 9.28. The molecule has 0 aliphatic carbocycles. The number of nitrogens with zero attached hydrogens (tertiary/aromatic N) is 3. The highest BCUT2D eigenvalue weighted by atomic mass is 32.2. The highest BCUT2D eigenvalue weighted by molar-refractivity contribution is 8.00. The van der Waals surface area contributed by atoms with Crippen molar-refractivity contribution in [3.8, 4) is 5.69 Å². The average molecular weight is 489 g/mol. The number of thioether (sulfide) groups is 1. The van der Waals surface area contributed by atoms with Crippen LogP contribution in [0.15, 0.2) is 56.4 Å². The molecule has 2 heterocycles. The largest absolute Gasteiger partial charge is 0.337 e. The van der Waals surface area contributed by atoms with Crippen LogP contribution < -0.4 is 16.6 Å². The van der Waals surface area contributed by atoms with E-state index >= 15 is 0 Å². The number of nitrogens with one attached hydrogen (secondary N) is 1. The number of aryl methyl sites for hydroxylation is 1. The Labute approximate surface area is 194 Å². The molecule has 0 atom stereocenters. The minimum atomic E-state index is -0.944. The molecule has 0 saturated carbocycles. The topological polar surface area (TPSA) is 86.0 Å². The standard InChI is InChI=1S/C22H18F2N4O3S2/c1-3-12-4-7-14(8-5-12)28-20(30)18-19(26-21(32-2)33-18)27(22(28)31)11-17(29)25-16-9-6-13(23)10-15(16)24/h4-10H,3,11H2,1-2H3,(H,25,29). The number of anilines is 1. The first-order valence-corrected chi connectivity index (χ1v) is 11.9. The summed E-state index contributed by atoms with van der Waals surface area (Å²) in [5, 5.41) is 2.33. The Kier molecular flexibility index (Phi) is 6.43. The molecule has 170 valence electrons. The molecule has 0 saturated heterocycles. The van der Waals surface area contributed by atoms with Crippen LogP contribution in [-0.2, 0) is 17.8 Å². The lowest BCUT2D eigenvalue weighted by atomic mass is 10.1. The molecule has 1 N–H and O–H groups in total. The number of hydrogen-bond donors (Lipinski definition) is 1. The van der Waals surface area contributed by atoms with Crippen molar-refractivity contribution in [1.82, 2.24) is 14.1 Å². The molecule has 0 spiro atoms. The van der Waals surface area contributed by atoms with Crippen LogP contribution in [0.4, 0.5) is 14.5 Å². The van der Waals surface area contributed by atoms with E-state index < -0.39 is 35.3 Å². The molecule has 2 aromatic carbocycles. The van der Waals surface area contributed by atoms with Gasteiger partial charge in [0.05, 0.1) is 11.4 Å². The maximum atomic E-state index is 13.9. The Morgan fingerprint density at radius 1 is 1.15 bits per heavy atom. The van der Waals surface area contributed by atoms with Crippen LogP contribution in [0.1, 0.15) is 12.5 Å². The van der Waals surface area contributed by atoms with Gasteiger partial charge in [-0.05, 0) is 42.5 Å². The van der Waals surface area contributed by atoms with Gasteiger partial charge in [-0.3, -0.25) is 14.2 Å². The third-order valence-corrected chi connectivity index (χ3v) is 6.97. The average Bonchev–Trinajstić information content (AvgIpc) is 3.24. The summed E-state index contributed by atoms with van der Waals surface area (Å²) in [6.45, 7) is 1.47. The summed E-state index contributed by atoms with van der Waals surface area (Å²) in [5.41, 5.74) is -0.0197. The molecule has 11 heteroatoms. The summed E-state index contributed by atoms with van der Waals surface area (Å²) in [6, 6.07) is 9.72. The number of carbonyl (C=O) groups is 1. The number of aromatic nitrogens is 3. The van der Waals surface area contributed by atoms with E-state index in [0.29, 0.717) is 16.1 Å². The van der Waals surface area contributed by atoms with Crippen molar-refractivity contribution >= 4 is 45.0 Å². The molecule has 0 fully saturated rings. The highest BCUT2D eigenvalue weighted by Crippen LogP contribution is 2.25. The molecule has 4 aromatic rings. The lowest BCUT2D eigenvalue weighted by Gasteiger charge is -2.12. The summed E-state index contributed by atoms with van der Waals surface area (Å²) in [5.74, 6) is -2.45. The molecule has 0 radical (unpaired) electrons. The highest BCUT2D eigenvalue weighted by Gasteiger charge is 2.21. The zero-order chi connectivity index (χ0) is 23.7. The van der Waals surface area contributed by atoms with Gasteiger partial charge >= 0.3 is 5.69 Å². The number of carbonyl (C=O) groups excluding carboxylic acids is 1. The fourth-order valence-electron chi connectivity index (χ4n) is 3.28. The zero-order valence-corrected chi connectivity index (χ0v) is 19.2. The molecule has 0 aliphatic heterocycles. The van der Waals surface area contributed by atoms with Gasteiger partial charge in [0, 0.05) is 6.07 Å². The van der Waals surface area contributed by atoms with Gasteiger partial charge in [0.1, 0.15) is 22.9 Å². The monoisotopic (exact) mass is 488 g/mol. The quantitative estimate of drug-likeness (QED) is 0.417. The van der Waals surface area contributed by atoms with Crippen molar-refractivity contribution in [2.75, 3.05) is 11.6 Å². The van der Waals surface area contributed by atoms with Gasteiger partial charge < -0.3 is 5.32 Å². The van der Waals surface area contributed by atoms with Crippen LogP contribution in [0.5, 0.6) is 0 Å². The van der Waals surface area contributed by atoms with Crippen molar-refractivity contribution in [2.45, 2.75) is 24.2 Å². The van der Waals surface area contributed by atoms with Crippen molar-refractivity contribution < 1.29 is 13.6 Å². The molecular formula is C22H18F2N4O3S2. The predicted octanol–water partition coefficient (Wildman–Crippen LogP) is 3.81. The third kappa shape index (κ3) is 4.46. The first-order chi connectivity index (χ1) is 15.8. The van der Waals surface area contributed by atoms with E-state index in [0.717, 1.165) is 44.6 Å². The Balaban J connectivity index is 1.82. The van der Waals surface area contributed by atoms with E-state index in [1.807, 2.05) is 19.1 Å². The van der Waals surface area contributed by atoms with E-state index in [1.165, 1.54) is 11.8 Å². The van der Waals surface area contributed by atoms with E-state index in [4.69, 9.17) is 0 Å². The number of hydrogen-bond acceptors (Lipinski definition) is 6. The predicted molar refractivity (Wildman–Crippen MR) is 126 cm³/mol. The second-order valence-electron chi connectivity index (χ2n) is 7.04. The summed E-state index contributed by atoms with van der Waals surface area (Å²) >= 11 is 2.43. The summed E-state index contributed by atoms with van der Waals surface area (Å²) in [6.07, 6.45) is 2.58. The Morgan fingerprint density at radius 2 is 1.88 bits per heavy atom. The first-order valence-electron chi connectivity index (χ1n) is 9.87. The molecule has 0 bridgehead atoms. The lowest BCUT2D eigenvalue weighted by molar-refractivity contribution is -0.116. The Bertz CT molecular complexity index is 1480. The normalized spacial score (nSPS) is 11.2. The Morgan fingerprint density at radius 3 is 2.52 bits per heavy atom. The van der Waals surface area contributed by atoms with Crippen LogP contribution in [0, 0.1) is 11.6 Å². The molecule has 4 rings (SSSR count).